The molecule has 150 valence electrons. The fraction of sp³-hybridized carbons (Fsp3) is 0.0690. The molecule has 1 aliphatic rings. The van der Waals surface area contributed by atoms with E-state index < -0.39 is 11.5 Å². The fourth-order valence-electron chi connectivity index (χ4n) is 4.69. The zero-order valence-electron chi connectivity index (χ0n) is 17.0. The molecule has 5 rings (SSSR count). The molecule has 0 bridgehead atoms. The van der Waals surface area contributed by atoms with Gasteiger partial charge >= 0.3 is 0 Å². The first kappa shape index (κ1) is 19.2. The minimum atomic E-state index is -1.49. The number of benzene rings is 4. The molecule has 0 amide bonds. The molecule has 0 spiro atoms. The second kappa shape index (κ2) is 7.82. The van der Waals surface area contributed by atoms with Crippen LogP contribution in [0.2, 0.25) is 0 Å². The maximum atomic E-state index is 14.1. The number of allylic oxidation sites excluding steroid dienone is 1. The molecule has 0 aromatic heterocycles. The molecule has 0 fully saturated rings. The molecule has 1 N–H and O–H groups in total. The van der Waals surface area contributed by atoms with Crippen molar-refractivity contribution < 1.29 is 9.90 Å². The fourth-order valence-corrected chi connectivity index (χ4v) is 4.69. The third kappa shape index (κ3) is 3.13. The van der Waals surface area contributed by atoms with Crippen molar-refractivity contribution in [2.24, 2.45) is 0 Å². The van der Waals surface area contributed by atoms with Crippen LogP contribution in [-0.2, 0) is 10.4 Å². The van der Waals surface area contributed by atoms with Crippen molar-refractivity contribution >= 4 is 16.9 Å². The first-order chi connectivity index (χ1) is 15.2. The minimum absolute atomic E-state index is 0.0670. The van der Waals surface area contributed by atoms with Crippen LogP contribution in [0.3, 0.4) is 0 Å². The van der Waals surface area contributed by atoms with E-state index in [2.05, 4.69) is 0 Å². The van der Waals surface area contributed by atoms with E-state index >= 15 is 0 Å². The third-order valence-electron chi connectivity index (χ3n) is 6.03. The van der Waals surface area contributed by atoms with E-state index in [0.717, 1.165) is 16.7 Å². The number of rotatable bonds is 4. The largest absolute Gasteiger partial charge is 0.379 e. The second-order valence-corrected chi connectivity index (χ2v) is 7.82. The van der Waals surface area contributed by atoms with E-state index in [1.807, 2.05) is 121 Å². The highest BCUT2D eigenvalue weighted by atomic mass is 16.3. The highest BCUT2D eigenvalue weighted by molar-refractivity contribution is 6.35. The molecule has 4 aromatic rings. The Morgan fingerprint density at radius 2 is 1.03 bits per heavy atom. The first-order valence-corrected chi connectivity index (χ1v) is 10.4. The monoisotopic (exact) mass is 402 g/mol. The lowest BCUT2D eigenvalue weighted by Gasteiger charge is -2.33. The van der Waals surface area contributed by atoms with E-state index in [9.17, 15) is 9.90 Å². The average molecular weight is 402 g/mol. The van der Waals surface area contributed by atoms with Crippen LogP contribution < -0.4 is 0 Å². The van der Waals surface area contributed by atoms with Crippen LogP contribution in [0.1, 0.15) is 28.2 Å². The van der Waals surface area contributed by atoms with Crippen molar-refractivity contribution in [2.75, 3.05) is 0 Å². The van der Waals surface area contributed by atoms with Gasteiger partial charge < -0.3 is 5.11 Å². The Kier molecular flexibility index (Phi) is 4.85. The van der Waals surface area contributed by atoms with Gasteiger partial charge in [0.25, 0.3) is 0 Å². The topological polar surface area (TPSA) is 37.3 Å². The molecule has 0 unspecified atom stereocenters. The van der Waals surface area contributed by atoms with E-state index in [1.54, 1.807) is 0 Å². The quantitative estimate of drug-likeness (QED) is 0.465. The lowest BCUT2D eigenvalue weighted by molar-refractivity contribution is -0.118. The summed E-state index contributed by atoms with van der Waals surface area (Å²) in [6.45, 7) is 0. The van der Waals surface area contributed by atoms with Crippen LogP contribution in [-0.4, -0.2) is 10.9 Å². The summed E-state index contributed by atoms with van der Waals surface area (Å²) < 4.78 is 0. The van der Waals surface area contributed by atoms with E-state index in [-0.39, 0.29) is 5.78 Å². The van der Waals surface area contributed by atoms with Gasteiger partial charge in [0.15, 0.2) is 5.78 Å². The Morgan fingerprint density at radius 3 is 1.58 bits per heavy atom. The Hall–Kier alpha value is -3.75. The maximum absolute atomic E-state index is 14.1. The zero-order chi connectivity index (χ0) is 21.3. The van der Waals surface area contributed by atoms with Crippen molar-refractivity contribution in [1.29, 1.82) is 0 Å². The van der Waals surface area contributed by atoms with Crippen molar-refractivity contribution in [3.05, 3.63) is 144 Å². The summed E-state index contributed by atoms with van der Waals surface area (Å²) in [6.07, 6.45) is 0. The van der Waals surface area contributed by atoms with Gasteiger partial charge in [0.05, 0.1) is 5.92 Å². The molecular formula is C29H22O2. The SMILES string of the molecule is O=C1C(c2ccccc2)=C(c2ccccc2)[C@](O)(c2ccccc2)[C@@H]1c1ccccc1. The Bertz CT molecular complexity index is 1230. The number of carbonyl (C=O) groups is 1. The van der Waals surface area contributed by atoms with Crippen LogP contribution >= 0.6 is 0 Å². The number of Topliss-reactive ketones (excluding diaryl/α,β-unsaturated/α-hetero) is 1. The second-order valence-electron chi connectivity index (χ2n) is 7.82. The van der Waals surface area contributed by atoms with Gasteiger partial charge in [-0.15, -0.1) is 0 Å². The Morgan fingerprint density at radius 1 is 0.581 bits per heavy atom. The Labute approximate surface area is 182 Å². The molecule has 0 saturated heterocycles. The van der Waals surface area contributed by atoms with Gasteiger partial charge in [-0.1, -0.05) is 121 Å². The molecule has 4 aromatic carbocycles. The van der Waals surface area contributed by atoms with E-state index in [4.69, 9.17) is 0 Å². The highest BCUT2D eigenvalue weighted by Gasteiger charge is 2.54. The minimum Gasteiger partial charge on any atom is -0.379 e. The molecule has 2 nitrogen and oxygen atoms in total. The normalized spacial score (nSPS) is 20.8. The molecule has 0 radical (unpaired) electrons. The summed E-state index contributed by atoms with van der Waals surface area (Å²) in [5, 5.41) is 12.5. The van der Waals surface area contributed by atoms with Crippen molar-refractivity contribution in [3.8, 4) is 0 Å². The Balaban J connectivity index is 1.87. The molecule has 1 aliphatic carbocycles. The number of ketones is 1. The van der Waals surface area contributed by atoms with Gasteiger partial charge in [-0.25, -0.2) is 0 Å². The third-order valence-corrected chi connectivity index (χ3v) is 6.03. The zero-order valence-corrected chi connectivity index (χ0v) is 17.0. The highest BCUT2D eigenvalue weighted by Crippen LogP contribution is 2.56. The molecule has 0 saturated carbocycles. The predicted molar refractivity (Wildman–Crippen MR) is 124 cm³/mol. The molecule has 0 heterocycles. The molecular weight excluding hydrogens is 380 g/mol. The van der Waals surface area contributed by atoms with Crippen LogP contribution in [0.15, 0.2) is 121 Å². The molecule has 0 aliphatic heterocycles. The molecule has 2 heteroatoms. The summed E-state index contributed by atoms with van der Waals surface area (Å²) in [5.74, 6) is -0.802. The van der Waals surface area contributed by atoms with Gasteiger partial charge in [0.1, 0.15) is 5.60 Å². The molecule has 2 atom stereocenters. The summed E-state index contributed by atoms with van der Waals surface area (Å²) >= 11 is 0. The van der Waals surface area contributed by atoms with Crippen LogP contribution in [0.5, 0.6) is 0 Å². The van der Waals surface area contributed by atoms with E-state index in [1.165, 1.54) is 0 Å². The summed E-state index contributed by atoms with van der Waals surface area (Å²) in [5.41, 5.74) is 2.92. The van der Waals surface area contributed by atoms with Crippen LogP contribution in [0, 0.1) is 0 Å². The summed E-state index contributed by atoms with van der Waals surface area (Å²) in [4.78, 5) is 14.1. The van der Waals surface area contributed by atoms with Gasteiger partial charge in [-0.05, 0) is 22.3 Å². The maximum Gasteiger partial charge on any atom is 0.174 e. The summed E-state index contributed by atoms with van der Waals surface area (Å²) in [6, 6.07) is 38.6. The number of hydrogen-bond acceptors (Lipinski definition) is 2. The number of carbonyl (C=O) groups excluding carboxylic acids is 1. The summed E-state index contributed by atoms with van der Waals surface area (Å²) in [7, 11) is 0. The van der Waals surface area contributed by atoms with Gasteiger partial charge in [0, 0.05) is 11.1 Å². The van der Waals surface area contributed by atoms with Gasteiger partial charge in [0.2, 0.25) is 0 Å². The lowest BCUT2D eigenvalue weighted by Crippen LogP contribution is -2.34. The van der Waals surface area contributed by atoms with Crippen LogP contribution in [0.4, 0.5) is 0 Å². The smallest absolute Gasteiger partial charge is 0.174 e. The number of hydrogen-bond donors (Lipinski definition) is 1. The van der Waals surface area contributed by atoms with E-state index in [0.29, 0.717) is 16.7 Å². The van der Waals surface area contributed by atoms with Gasteiger partial charge in [-0.3, -0.25) is 4.79 Å². The standard InChI is InChI=1S/C29H22O2/c30-28-25(21-13-5-1-6-14-21)26(22-15-7-2-8-16-22)29(31,24-19-11-4-12-20-24)27(28)23-17-9-3-10-18-23/h1-20,27,31H/t27-,29-/m1/s1. The molecule has 31 heavy (non-hydrogen) atoms. The number of aliphatic hydroxyl groups is 1. The van der Waals surface area contributed by atoms with Crippen molar-refractivity contribution in [2.45, 2.75) is 11.5 Å². The first-order valence-electron chi connectivity index (χ1n) is 10.4. The average Bonchev–Trinajstić information content (AvgIpc) is 3.09. The van der Waals surface area contributed by atoms with Crippen molar-refractivity contribution in [3.63, 3.8) is 0 Å². The lowest BCUT2D eigenvalue weighted by atomic mass is 9.74. The van der Waals surface area contributed by atoms with Crippen LogP contribution in [0.25, 0.3) is 11.1 Å². The predicted octanol–water partition coefficient (Wildman–Crippen LogP) is 5.85. The van der Waals surface area contributed by atoms with Gasteiger partial charge in [-0.2, -0.15) is 0 Å². The van der Waals surface area contributed by atoms with Crippen molar-refractivity contribution in [1.82, 2.24) is 0 Å².